The van der Waals surface area contributed by atoms with Crippen LogP contribution >= 0.6 is 0 Å². The maximum Gasteiger partial charge on any atom is 0.305 e. The molecule has 0 bridgehead atoms. The average molecular weight is 281 g/mol. The molecule has 0 atom stereocenters. The first-order chi connectivity index (χ1) is 10.1. The van der Waals surface area contributed by atoms with Crippen LogP contribution in [0.1, 0.15) is 12.0 Å². The van der Waals surface area contributed by atoms with Crippen molar-refractivity contribution in [2.75, 3.05) is 0 Å². The maximum absolute atomic E-state index is 10.9. The van der Waals surface area contributed by atoms with Crippen molar-refractivity contribution in [2.45, 2.75) is 19.9 Å². The Kier molecular flexibility index (Phi) is 3.39. The number of imidazole rings is 1. The van der Waals surface area contributed by atoms with Crippen molar-refractivity contribution in [2.24, 2.45) is 0 Å². The third-order valence-corrected chi connectivity index (χ3v) is 3.30. The number of rotatable bonds is 4. The molecular formula is C16H15N3O2. The zero-order valence-electron chi connectivity index (χ0n) is 11.7. The fourth-order valence-electron chi connectivity index (χ4n) is 2.34. The van der Waals surface area contributed by atoms with Gasteiger partial charge in [0.25, 0.3) is 0 Å². The van der Waals surface area contributed by atoms with Gasteiger partial charge in [0.1, 0.15) is 11.3 Å². The number of benzene rings is 1. The first-order valence-corrected chi connectivity index (χ1v) is 6.75. The first kappa shape index (κ1) is 13.3. The normalized spacial score (nSPS) is 10.9. The van der Waals surface area contributed by atoms with Crippen LogP contribution in [0.5, 0.6) is 0 Å². The number of aryl methyl sites for hydroxylation is 2. The van der Waals surface area contributed by atoms with Crippen LogP contribution in [0, 0.1) is 6.92 Å². The molecule has 2 aromatic heterocycles. The Morgan fingerprint density at radius 1 is 1.29 bits per heavy atom. The second-order valence-electron chi connectivity index (χ2n) is 4.95. The number of aromatic nitrogens is 3. The molecule has 5 nitrogen and oxygen atoms in total. The third-order valence-electron chi connectivity index (χ3n) is 3.30. The van der Waals surface area contributed by atoms with Crippen molar-refractivity contribution >= 4 is 17.1 Å². The summed E-state index contributed by atoms with van der Waals surface area (Å²) in [6.07, 6.45) is 1.82. The number of fused-ring (bicyclic) bond motifs is 1. The number of hydrogen-bond acceptors (Lipinski definition) is 3. The van der Waals surface area contributed by atoms with Gasteiger partial charge < -0.3 is 9.67 Å². The second kappa shape index (κ2) is 5.36. The molecule has 0 amide bonds. The van der Waals surface area contributed by atoms with Crippen molar-refractivity contribution in [1.29, 1.82) is 0 Å². The van der Waals surface area contributed by atoms with Crippen LogP contribution in [0.25, 0.3) is 22.6 Å². The highest BCUT2D eigenvalue weighted by Crippen LogP contribution is 2.24. The molecule has 0 saturated heterocycles. The molecule has 0 spiro atoms. The molecule has 3 aromatic rings. The van der Waals surface area contributed by atoms with Crippen LogP contribution in [0.15, 0.2) is 42.6 Å². The van der Waals surface area contributed by atoms with E-state index in [1.165, 1.54) is 0 Å². The third kappa shape index (κ3) is 2.63. The molecule has 1 N–H and O–H groups in total. The molecule has 0 unspecified atom stereocenters. The van der Waals surface area contributed by atoms with Gasteiger partial charge in [-0.05, 0) is 18.6 Å². The Bertz CT molecular complexity index is 794. The SMILES string of the molecule is Cc1cnc2c(c1)nc(-c1ccccc1)n2CCC(=O)O. The van der Waals surface area contributed by atoms with Gasteiger partial charge in [-0.25, -0.2) is 9.97 Å². The monoisotopic (exact) mass is 281 g/mol. The van der Waals surface area contributed by atoms with Crippen LogP contribution in [0.2, 0.25) is 0 Å². The number of pyridine rings is 1. The lowest BCUT2D eigenvalue weighted by Crippen LogP contribution is -2.06. The van der Waals surface area contributed by atoms with E-state index in [0.29, 0.717) is 6.54 Å². The maximum atomic E-state index is 10.9. The topological polar surface area (TPSA) is 68.0 Å². The predicted molar refractivity (Wildman–Crippen MR) is 80.0 cm³/mol. The number of carbonyl (C=O) groups is 1. The highest BCUT2D eigenvalue weighted by Gasteiger charge is 2.14. The molecule has 0 aliphatic rings. The number of hydrogen-bond donors (Lipinski definition) is 1. The van der Waals surface area contributed by atoms with E-state index < -0.39 is 5.97 Å². The smallest absolute Gasteiger partial charge is 0.305 e. The Labute approximate surface area is 121 Å². The molecule has 106 valence electrons. The van der Waals surface area contributed by atoms with E-state index >= 15 is 0 Å². The van der Waals surface area contributed by atoms with E-state index in [1.807, 2.05) is 47.9 Å². The molecule has 0 fully saturated rings. The van der Waals surface area contributed by atoms with Gasteiger partial charge in [-0.2, -0.15) is 0 Å². The molecule has 21 heavy (non-hydrogen) atoms. The van der Waals surface area contributed by atoms with Gasteiger partial charge in [-0.3, -0.25) is 4.79 Å². The summed E-state index contributed by atoms with van der Waals surface area (Å²) in [5.74, 6) is -0.0760. The minimum Gasteiger partial charge on any atom is -0.481 e. The minimum atomic E-state index is -0.831. The molecular weight excluding hydrogens is 266 g/mol. The van der Waals surface area contributed by atoms with E-state index in [4.69, 9.17) is 5.11 Å². The van der Waals surface area contributed by atoms with Crippen LogP contribution < -0.4 is 0 Å². The summed E-state index contributed by atoms with van der Waals surface area (Å²) in [6, 6.07) is 11.7. The number of carboxylic acid groups (broad SMARTS) is 1. The fourth-order valence-corrected chi connectivity index (χ4v) is 2.34. The molecule has 0 radical (unpaired) electrons. The molecule has 1 aromatic carbocycles. The zero-order valence-corrected chi connectivity index (χ0v) is 11.7. The van der Waals surface area contributed by atoms with E-state index in [1.54, 1.807) is 6.20 Å². The van der Waals surface area contributed by atoms with Crippen molar-refractivity contribution in [3.05, 3.63) is 48.2 Å². The van der Waals surface area contributed by atoms with Crippen LogP contribution in [-0.2, 0) is 11.3 Å². The average Bonchev–Trinajstić information content (AvgIpc) is 2.83. The summed E-state index contributed by atoms with van der Waals surface area (Å²) in [5, 5.41) is 8.94. The lowest BCUT2D eigenvalue weighted by atomic mass is 10.2. The van der Waals surface area contributed by atoms with Crippen LogP contribution in [0.4, 0.5) is 0 Å². The van der Waals surface area contributed by atoms with Gasteiger partial charge >= 0.3 is 5.97 Å². The Morgan fingerprint density at radius 3 is 2.76 bits per heavy atom. The van der Waals surface area contributed by atoms with Crippen molar-refractivity contribution < 1.29 is 9.90 Å². The summed E-state index contributed by atoms with van der Waals surface area (Å²) in [6.45, 7) is 2.32. The van der Waals surface area contributed by atoms with Gasteiger partial charge in [0.05, 0.1) is 6.42 Å². The van der Waals surface area contributed by atoms with Crippen molar-refractivity contribution in [3.8, 4) is 11.4 Å². The molecule has 0 saturated carbocycles. The molecule has 5 heteroatoms. The van der Waals surface area contributed by atoms with Gasteiger partial charge in [-0.1, -0.05) is 30.3 Å². The van der Waals surface area contributed by atoms with Crippen molar-refractivity contribution in [1.82, 2.24) is 14.5 Å². The largest absolute Gasteiger partial charge is 0.481 e. The molecule has 0 aliphatic carbocycles. The standard InChI is InChI=1S/C16H15N3O2/c1-11-9-13-16(17-10-11)19(8-7-14(20)21)15(18-13)12-5-3-2-4-6-12/h2-6,9-10H,7-8H2,1H3,(H,20,21). The minimum absolute atomic E-state index is 0.0425. The lowest BCUT2D eigenvalue weighted by molar-refractivity contribution is -0.137. The Morgan fingerprint density at radius 2 is 2.05 bits per heavy atom. The quantitative estimate of drug-likeness (QED) is 0.798. The van der Waals surface area contributed by atoms with Gasteiger partial charge in [0, 0.05) is 18.3 Å². The Hall–Kier alpha value is -2.69. The summed E-state index contributed by atoms with van der Waals surface area (Å²) in [5.41, 5.74) is 3.50. The van der Waals surface area contributed by atoms with Gasteiger partial charge in [-0.15, -0.1) is 0 Å². The van der Waals surface area contributed by atoms with E-state index in [-0.39, 0.29) is 6.42 Å². The van der Waals surface area contributed by atoms with E-state index in [2.05, 4.69) is 9.97 Å². The molecule has 2 heterocycles. The van der Waals surface area contributed by atoms with Gasteiger partial charge in [0.15, 0.2) is 5.65 Å². The van der Waals surface area contributed by atoms with E-state index in [0.717, 1.165) is 28.1 Å². The number of aliphatic carboxylic acids is 1. The number of nitrogens with zero attached hydrogens (tertiary/aromatic N) is 3. The van der Waals surface area contributed by atoms with Gasteiger partial charge in [0.2, 0.25) is 0 Å². The molecule has 3 rings (SSSR count). The van der Waals surface area contributed by atoms with Crippen molar-refractivity contribution in [3.63, 3.8) is 0 Å². The van der Waals surface area contributed by atoms with E-state index in [9.17, 15) is 4.79 Å². The lowest BCUT2D eigenvalue weighted by Gasteiger charge is -2.07. The summed E-state index contributed by atoms with van der Waals surface area (Å²) in [4.78, 5) is 19.9. The predicted octanol–water partition coefficient (Wildman–Crippen LogP) is 2.88. The van der Waals surface area contributed by atoms with Crippen LogP contribution in [-0.4, -0.2) is 25.6 Å². The number of carboxylic acids is 1. The summed E-state index contributed by atoms with van der Waals surface area (Å²) >= 11 is 0. The fraction of sp³-hybridized carbons (Fsp3) is 0.188. The van der Waals surface area contributed by atoms with Crippen LogP contribution in [0.3, 0.4) is 0 Å². The second-order valence-corrected chi connectivity index (χ2v) is 4.95. The summed E-state index contributed by atoms with van der Waals surface area (Å²) in [7, 11) is 0. The highest BCUT2D eigenvalue weighted by atomic mass is 16.4. The molecule has 0 aliphatic heterocycles. The first-order valence-electron chi connectivity index (χ1n) is 6.75. The zero-order chi connectivity index (χ0) is 14.8. The Balaban J connectivity index is 2.17. The highest BCUT2D eigenvalue weighted by molar-refractivity contribution is 5.78. The summed E-state index contributed by atoms with van der Waals surface area (Å²) < 4.78 is 1.87.